The molecule has 2 aromatic heterocycles. The molecule has 4 heterocycles. The molecule has 8 heteroatoms. The van der Waals surface area contributed by atoms with Gasteiger partial charge in [0.15, 0.2) is 0 Å². The van der Waals surface area contributed by atoms with E-state index in [9.17, 15) is 14.7 Å². The number of aliphatic imine (C=N–C) groups is 1. The van der Waals surface area contributed by atoms with Crippen LogP contribution >= 0.6 is 11.6 Å². The zero-order chi connectivity index (χ0) is 21.7. The van der Waals surface area contributed by atoms with Gasteiger partial charge in [0, 0.05) is 42.2 Å². The van der Waals surface area contributed by atoms with Crippen LogP contribution in [0, 0.1) is 5.92 Å². The van der Waals surface area contributed by atoms with Gasteiger partial charge in [-0.15, -0.1) is 0 Å². The number of piperidine rings is 1. The van der Waals surface area contributed by atoms with E-state index in [4.69, 9.17) is 16.6 Å². The predicted octanol–water partition coefficient (Wildman–Crippen LogP) is 4.07. The zero-order valence-corrected chi connectivity index (χ0v) is 17.5. The minimum atomic E-state index is -0.927. The number of rotatable bonds is 2. The molecule has 1 atom stereocenters. The molecule has 1 amide bonds. The lowest BCUT2D eigenvalue weighted by atomic mass is 9.86. The molecule has 156 valence electrons. The Labute approximate surface area is 183 Å². The van der Waals surface area contributed by atoms with E-state index in [0.29, 0.717) is 30.2 Å². The van der Waals surface area contributed by atoms with E-state index >= 15 is 0 Å². The van der Waals surface area contributed by atoms with Gasteiger partial charge in [-0.05, 0) is 41.8 Å². The van der Waals surface area contributed by atoms with Gasteiger partial charge in [0.1, 0.15) is 0 Å². The molecule has 0 aromatic carbocycles. The number of likely N-dealkylation sites (tertiary alicyclic amines) is 1. The number of aromatic nitrogens is 2. The molecule has 1 unspecified atom stereocenters. The van der Waals surface area contributed by atoms with Crippen molar-refractivity contribution in [1.29, 1.82) is 0 Å². The SMILES string of the molecule is CC1C=C(n2ccc(-c3ccc(Cl)cn3)cc2=O)C=C2N=C3CN(C(=O)O)CCC3=C21. The van der Waals surface area contributed by atoms with Gasteiger partial charge in [-0.3, -0.25) is 19.3 Å². The third-order valence-corrected chi connectivity index (χ3v) is 6.05. The lowest BCUT2D eigenvalue weighted by molar-refractivity contribution is 0.151. The Bertz CT molecular complexity index is 1280. The molecule has 3 aliphatic rings. The molecule has 1 saturated heterocycles. The molecule has 1 N–H and O–H groups in total. The minimum absolute atomic E-state index is 0.0761. The fraction of sp³-hybridized carbons (Fsp3) is 0.217. The zero-order valence-electron chi connectivity index (χ0n) is 16.7. The van der Waals surface area contributed by atoms with Gasteiger partial charge in [-0.1, -0.05) is 24.6 Å². The van der Waals surface area contributed by atoms with E-state index in [1.165, 1.54) is 4.90 Å². The Morgan fingerprint density at radius 3 is 2.84 bits per heavy atom. The largest absolute Gasteiger partial charge is 0.465 e. The summed E-state index contributed by atoms with van der Waals surface area (Å²) in [5.41, 5.74) is 5.90. The number of allylic oxidation sites excluding steroid dienone is 4. The number of hydrogen-bond acceptors (Lipinski definition) is 4. The Morgan fingerprint density at radius 1 is 1.29 bits per heavy atom. The van der Waals surface area contributed by atoms with Crippen LogP contribution in [0.3, 0.4) is 0 Å². The van der Waals surface area contributed by atoms with Crippen LogP contribution in [0.15, 0.2) is 75.4 Å². The number of fused-ring (bicyclic) bond motifs is 2. The van der Waals surface area contributed by atoms with Gasteiger partial charge < -0.3 is 10.0 Å². The molecule has 0 bridgehead atoms. The maximum absolute atomic E-state index is 12.9. The molecule has 2 aromatic rings. The van der Waals surface area contributed by atoms with Gasteiger partial charge in [0.25, 0.3) is 5.56 Å². The highest BCUT2D eigenvalue weighted by atomic mass is 35.5. The highest BCUT2D eigenvalue weighted by Crippen LogP contribution is 2.40. The van der Waals surface area contributed by atoms with Crippen molar-refractivity contribution in [3.8, 4) is 11.3 Å². The fourth-order valence-electron chi connectivity index (χ4n) is 4.36. The molecule has 5 rings (SSSR count). The van der Waals surface area contributed by atoms with E-state index in [0.717, 1.165) is 33.8 Å². The smallest absolute Gasteiger partial charge is 0.407 e. The topological polar surface area (TPSA) is 87.8 Å². The number of pyridine rings is 2. The van der Waals surface area contributed by atoms with Crippen LogP contribution in [0.25, 0.3) is 17.0 Å². The summed E-state index contributed by atoms with van der Waals surface area (Å²) in [5.74, 6) is 0.0761. The summed E-state index contributed by atoms with van der Waals surface area (Å²) in [6, 6.07) is 6.92. The molecule has 0 saturated carbocycles. The van der Waals surface area contributed by atoms with Crippen LogP contribution in [0.1, 0.15) is 13.3 Å². The highest BCUT2D eigenvalue weighted by molar-refractivity contribution is 6.30. The van der Waals surface area contributed by atoms with Crippen molar-refractivity contribution >= 4 is 29.1 Å². The normalized spacial score (nSPS) is 20.0. The standard InChI is InChI=1S/C23H19ClN4O3/c1-13-8-16(10-19-22(13)17-5-6-27(23(30)31)12-20(17)26-19)28-7-4-14(9-21(28)29)18-3-2-15(24)11-25-18/h2-4,7-11,13H,5-6,12H2,1H3,(H,30,31). The molecule has 0 spiro atoms. The van der Waals surface area contributed by atoms with E-state index in [1.54, 1.807) is 35.2 Å². The van der Waals surface area contributed by atoms with Crippen LogP contribution in [0.4, 0.5) is 4.79 Å². The van der Waals surface area contributed by atoms with Crippen LogP contribution in [0.5, 0.6) is 0 Å². The second-order valence-electron chi connectivity index (χ2n) is 7.80. The fourth-order valence-corrected chi connectivity index (χ4v) is 4.47. The van der Waals surface area contributed by atoms with Gasteiger partial charge in [-0.25, -0.2) is 4.79 Å². The van der Waals surface area contributed by atoms with Crippen molar-refractivity contribution in [2.75, 3.05) is 13.1 Å². The summed E-state index contributed by atoms with van der Waals surface area (Å²) >= 11 is 5.90. The summed E-state index contributed by atoms with van der Waals surface area (Å²) in [5, 5.41) is 9.83. The Morgan fingerprint density at radius 2 is 2.13 bits per heavy atom. The summed E-state index contributed by atoms with van der Waals surface area (Å²) in [7, 11) is 0. The van der Waals surface area contributed by atoms with Gasteiger partial charge in [-0.2, -0.15) is 0 Å². The number of hydrogen-bond donors (Lipinski definition) is 1. The van der Waals surface area contributed by atoms with Crippen LogP contribution in [0.2, 0.25) is 5.02 Å². The average Bonchev–Trinajstić information content (AvgIpc) is 3.12. The Balaban J connectivity index is 1.48. The first kappa shape index (κ1) is 19.5. The lowest BCUT2D eigenvalue weighted by Gasteiger charge is -2.27. The monoisotopic (exact) mass is 434 g/mol. The highest BCUT2D eigenvalue weighted by Gasteiger charge is 2.34. The van der Waals surface area contributed by atoms with E-state index in [1.807, 2.05) is 12.1 Å². The second kappa shape index (κ2) is 7.35. The van der Waals surface area contributed by atoms with Crippen LogP contribution in [-0.2, 0) is 0 Å². The summed E-state index contributed by atoms with van der Waals surface area (Å²) in [6.45, 7) is 2.86. The molecule has 31 heavy (non-hydrogen) atoms. The molecule has 1 fully saturated rings. The van der Waals surface area contributed by atoms with Crippen molar-refractivity contribution in [1.82, 2.24) is 14.5 Å². The maximum Gasteiger partial charge on any atom is 0.407 e. The summed E-state index contributed by atoms with van der Waals surface area (Å²) in [4.78, 5) is 34.6. The lowest BCUT2D eigenvalue weighted by Crippen LogP contribution is -2.40. The van der Waals surface area contributed by atoms with E-state index in [-0.39, 0.29) is 11.5 Å². The van der Waals surface area contributed by atoms with E-state index in [2.05, 4.69) is 18.0 Å². The number of halogens is 1. The number of carboxylic acid groups (broad SMARTS) is 1. The van der Waals surface area contributed by atoms with Crippen molar-refractivity contribution < 1.29 is 9.90 Å². The van der Waals surface area contributed by atoms with Crippen LogP contribution in [-0.4, -0.2) is 44.5 Å². The summed E-state index contributed by atoms with van der Waals surface area (Å²) in [6.07, 6.45) is 6.98. The summed E-state index contributed by atoms with van der Waals surface area (Å²) < 4.78 is 1.59. The van der Waals surface area contributed by atoms with Crippen LogP contribution < -0.4 is 5.56 Å². The maximum atomic E-state index is 12.9. The Kier molecular flexibility index (Phi) is 4.63. The first-order valence-corrected chi connectivity index (χ1v) is 10.4. The number of amides is 1. The molecule has 7 nitrogen and oxygen atoms in total. The third kappa shape index (κ3) is 3.41. The molecule has 0 radical (unpaired) electrons. The molecule has 2 aliphatic heterocycles. The number of carbonyl (C=O) groups is 1. The molecule has 1 aliphatic carbocycles. The van der Waals surface area contributed by atoms with E-state index < -0.39 is 6.09 Å². The van der Waals surface area contributed by atoms with Gasteiger partial charge >= 0.3 is 6.09 Å². The minimum Gasteiger partial charge on any atom is -0.465 e. The third-order valence-electron chi connectivity index (χ3n) is 5.83. The van der Waals surface area contributed by atoms with Gasteiger partial charge in [0.2, 0.25) is 0 Å². The van der Waals surface area contributed by atoms with Crippen molar-refractivity contribution in [3.63, 3.8) is 0 Å². The van der Waals surface area contributed by atoms with Gasteiger partial charge in [0.05, 0.1) is 28.7 Å². The average molecular weight is 435 g/mol. The molecular formula is C23H19ClN4O3. The molecular weight excluding hydrogens is 416 g/mol. The Hall–Kier alpha value is -3.45. The van der Waals surface area contributed by atoms with Crippen molar-refractivity contribution in [2.45, 2.75) is 13.3 Å². The predicted molar refractivity (Wildman–Crippen MR) is 119 cm³/mol. The first-order valence-electron chi connectivity index (χ1n) is 9.98. The van der Waals surface area contributed by atoms with Crippen molar-refractivity contribution in [3.05, 3.63) is 81.0 Å². The quantitative estimate of drug-likeness (QED) is 0.771. The first-order chi connectivity index (χ1) is 14.9. The number of nitrogens with zero attached hydrogens (tertiary/aromatic N) is 4. The van der Waals surface area contributed by atoms with Crippen molar-refractivity contribution in [2.24, 2.45) is 10.9 Å². The second-order valence-corrected chi connectivity index (χ2v) is 8.24.